The predicted octanol–water partition coefficient (Wildman–Crippen LogP) is 1.62. The van der Waals surface area contributed by atoms with E-state index >= 15 is 0 Å². The van der Waals surface area contributed by atoms with E-state index in [-0.39, 0.29) is 15.6 Å². The summed E-state index contributed by atoms with van der Waals surface area (Å²) in [5.74, 6) is -2.03. The standard InChI is InChI=1S/C11H11Cl2NO4/c1-5(11(17)18)14-10(16)9(15)6-2-7(12)4-8(13)3-6/h2-5,9,15H,1H3,(H,14,16)(H,17,18)/t5-,9?/m1/s1. The van der Waals surface area contributed by atoms with E-state index in [2.05, 4.69) is 5.32 Å². The van der Waals surface area contributed by atoms with Crippen LogP contribution < -0.4 is 5.32 Å². The van der Waals surface area contributed by atoms with Crippen LogP contribution in [-0.4, -0.2) is 28.1 Å². The maximum Gasteiger partial charge on any atom is 0.325 e. The van der Waals surface area contributed by atoms with Gasteiger partial charge in [-0.2, -0.15) is 0 Å². The highest BCUT2D eigenvalue weighted by molar-refractivity contribution is 6.34. The molecule has 0 aromatic heterocycles. The van der Waals surface area contributed by atoms with Gasteiger partial charge in [0.05, 0.1) is 0 Å². The van der Waals surface area contributed by atoms with E-state index in [9.17, 15) is 14.7 Å². The number of hydrogen-bond acceptors (Lipinski definition) is 3. The zero-order valence-electron chi connectivity index (χ0n) is 9.35. The Hall–Kier alpha value is -1.30. The molecule has 1 rings (SSSR count). The van der Waals surface area contributed by atoms with Gasteiger partial charge in [0.1, 0.15) is 6.04 Å². The molecule has 18 heavy (non-hydrogen) atoms. The van der Waals surface area contributed by atoms with Crippen molar-refractivity contribution in [3.8, 4) is 0 Å². The molecule has 0 saturated heterocycles. The van der Waals surface area contributed by atoms with Crippen LogP contribution in [0.3, 0.4) is 0 Å². The quantitative estimate of drug-likeness (QED) is 0.787. The van der Waals surface area contributed by atoms with Crippen molar-refractivity contribution in [1.29, 1.82) is 0 Å². The Morgan fingerprint density at radius 3 is 2.17 bits per heavy atom. The number of carbonyl (C=O) groups is 2. The SMILES string of the molecule is C[C@@H](NC(=O)C(O)c1cc(Cl)cc(Cl)c1)C(=O)O. The van der Waals surface area contributed by atoms with Gasteiger partial charge in [-0.05, 0) is 30.7 Å². The van der Waals surface area contributed by atoms with Gasteiger partial charge in [0, 0.05) is 10.0 Å². The number of aliphatic hydroxyl groups is 1. The molecule has 5 nitrogen and oxygen atoms in total. The van der Waals surface area contributed by atoms with Crippen molar-refractivity contribution >= 4 is 35.1 Å². The monoisotopic (exact) mass is 291 g/mol. The zero-order valence-corrected chi connectivity index (χ0v) is 10.9. The summed E-state index contributed by atoms with van der Waals surface area (Å²) in [5, 5.41) is 21.1. The van der Waals surface area contributed by atoms with Crippen molar-refractivity contribution in [2.75, 3.05) is 0 Å². The molecular formula is C11H11Cl2NO4. The fourth-order valence-corrected chi connectivity index (χ4v) is 1.78. The minimum atomic E-state index is -1.53. The second-order valence-corrected chi connectivity index (χ2v) is 4.55. The average Bonchev–Trinajstić information content (AvgIpc) is 2.26. The van der Waals surface area contributed by atoms with Crippen LogP contribution in [0.25, 0.3) is 0 Å². The first-order valence-corrected chi connectivity index (χ1v) is 5.74. The summed E-state index contributed by atoms with van der Waals surface area (Å²) in [4.78, 5) is 22.1. The summed E-state index contributed by atoms with van der Waals surface area (Å²) in [6, 6.07) is 3.12. The van der Waals surface area contributed by atoms with Crippen LogP contribution in [-0.2, 0) is 9.59 Å². The number of nitrogens with one attached hydrogen (secondary N) is 1. The highest BCUT2D eigenvalue weighted by atomic mass is 35.5. The van der Waals surface area contributed by atoms with Gasteiger partial charge in [-0.3, -0.25) is 9.59 Å². The number of aliphatic hydroxyl groups excluding tert-OH is 1. The van der Waals surface area contributed by atoms with Crippen molar-refractivity contribution in [3.63, 3.8) is 0 Å². The lowest BCUT2D eigenvalue weighted by atomic mass is 10.1. The Morgan fingerprint density at radius 2 is 1.72 bits per heavy atom. The smallest absolute Gasteiger partial charge is 0.325 e. The molecule has 1 amide bonds. The van der Waals surface area contributed by atoms with Gasteiger partial charge in [-0.25, -0.2) is 0 Å². The molecule has 0 spiro atoms. The lowest BCUT2D eigenvalue weighted by molar-refractivity contribution is -0.142. The van der Waals surface area contributed by atoms with Crippen LogP contribution in [0.4, 0.5) is 0 Å². The molecule has 0 saturated carbocycles. The van der Waals surface area contributed by atoms with E-state index in [1.807, 2.05) is 0 Å². The zero-order chi connectivity index (χ0) is 13.9. The van der Waals surface area contributed by atoms with Gasteiger partial charge in [0.2, 0.25) is 0 Å². The second-order valence-electron chi connectivity index (χ2n) is 3.67. The molecule has 0 fully saturated rings. The molecule has 1 aromatic rings. The Bertz CT molecular complexity index is 458. The second kappa shape index (κ2) is 6.04. The Balaban J connectivity index is 2.83. The van der Waals surface area contributed by atoms with Gasteiger partial charge in [-0.1, -0.05) is 23.2 Å². The lowest BCUT2D eigenvalue weighted by Crippen LogP contribution is -2.41. The van der Waals surface area contributed by atoms with Crippen LogP contribution in [0.15, 0.2) is 18.2 Å². The van der Waals surface area contributed by atoms with E-state index in [0.717, 1.165) is 0 Å². The van der Waals surface area contributed by atoms with Crippen LogP contribution in [0.1, 0.15) is 18.6 Å². The molecule has 1 aromatic carbocycles. The van der Waals surface area contributed by atoms with Crippen LogP contribution in [0, 0.1) is 0 Å². The summed E-state index contributed by atoms with van der Waals surface area (Å²) in [7, 11) is 0. The largest absolute Gasteiger partial charge is 0.480 e. The van der Waals surface area contributed by atoms with E-state index in [0.29, 0.717) is 0 Å². The molecule has 0 heterocycles. The summed E-state index contributed by atoms with van der Waals surface area (Å²) in [5.41, 5.74) is 0.197. The van der Waals surface area contributed by atoms with Gasteiger partial charge in [-0.15, -0.1) is 0 Å². The number of aliphatic carboxylic acids is 1. The van der Waals surface area contributed by atoms with Gasteiger partial charge in [0.25, 0.3) is 5.91 Å². The average molecular weight is 292 g/mol. The normalized spacial score (nSPS) is 13.8. The van der Waals surface area contributed by atoms with Crippen molar-refractivity contribution in [2.45, 2.75) is 19.1 Å². The van der Waals surface area contributed by atoms with E-state index < -0.39 is 24.0 Å². The first kappa shape index (κ1) is 14.8. The third-order valence-corrected chi connectivity index (χ3v) is 2.61. The van der Waals surface area contributed by atoms with Gasteiger partial charge >= 0.3 is 5.97 Å². The molecule has 98 valence electrons. The topological polar surface area (TPSA) is 86.6 Å². The fraction of sp³-hybridized carbons (Fsp3) is 0.273. The third-order valence-electron chi connectivity index (χ3n) is 2.18. The Labute approximate surface area is 113 Å². The van der Waals surface area contributed by atoms with Crippen LogP contribution >= 0.6 is 23.2 Å². The van der Waals surface area contributed by atoms with Crippen molar-refractivity contribution in [3.05, 3.63) is 33.8 Å². The van der Waals surface area contributed by atoms with Crippen molar-refractivity contribution in [1.82, 2.24) is 5.32 Å². The first-order chi connectivity index (χ1) is 8.31. The molecule has 0 aliphatic rings. The lowest BCUT2D eigenvalue weighted by Gasteiger charge is -2.14. The highest BCUT2D eigenvalue weighted by Gasteiger charge is 2.22. The van der Waals surface area contributed by atoms with E-state index in [4.69, 9.17) is 28.3 Å². The number of rotatable bonds is 4. The Kier molecular flexibility index (Phi) is 4.95. The summed E-state index contributed by atoms with van der Waals surface area (Å²) in [6.07, 6.45) is -1.53. The molecule has 7 heteroatoms. The number of carboxylic acid groups (broad SMARTS) is 1. The van der Waals surface area contributed by atoms with E-state index in [1.165, 1.54) is 25.1 Å². The molecular weight excluding hydrogens is 281 g/mol. The fourth-order valence-electron chi connectivity index (χ4n) is 1.24. The highest BCUT2D eigenvalue weighted by Crippen LogP contribution is 2.23. The molecule has 3 N–H and O–H groups in total. The minimum Gasteiger partial charge on any atom is -0.480 e. The number of hydrogen-bond donors (Lipinski definition) is 3. The van der Waals surface area contributed by atoms with Crippen LogP contribution in [0.2, 0.25) is 10.0 Å². The molecule has 2 atom stereocenters. The number of benzene rings is 1. The van der Waals surface area contributed by atoms with Crippen molar-refractivity contribution in [2.24, 2.45) is 0 Å². The van der Waals surface area contributed by atoms with Gasteiger partial charge < -0.3 is 15.5 Å². The minimum absolute atomic E-state index is 0.197. The maximum atomic E-state index is 11.6. The molecule has 0 aliphatic carbocycles. The summed E-state index contributed by atoms with van der Waals surface area (Å²) >= 11 is 11.5. The number of carbonyl (C=O) groups excluding carboxylic acids is 1. The van der Waals surface area contributed by atoms with E-state index in [1.54, 1.807) is 0 Å². The number of carboxylic acids is 1. The van der Waals surface area contributed by atoms with Crippen LogP contribution in [0.5, 0.6) is 0 Å². The number of amides is 1. The molecule has 1 unspecified atom stereocenters. The summed E-state index contributed by atoms with van der Waals surface area (Å²) < 4.78 is 0. The summed E-state index contributed by atoms with van der Waals surface area (Å²) in [6.45, 7) is 1.29. The molecule has 0 radical (unpaired) electrons. The third kappa shape index (κ3) is 3.87. The van der Waals surface area contributed by atoms with Crippen molar-refractivity contribution < 1.29 is 19.8 Å². The van der Waals surface area contributed by atoms with Gasteiger partial charge in [0.15, 0.2) is 6.10 Å². The Morgan fingerprint density at radius 1 is 1.22 bits per heavy atom. The molecule has 0 bridgehead atoms. The number of halogens is 2. The maximum absolute atomic E-state index is 11.6. The predicted molar refractivity (Wildman–Crippen MR) is 66.7 cm³/mol. The molecule has 0 aliphatic heterocycles. The first-order valence-electron chi connectivity index (χ1n) is 4.98.